The Morgan fingerprint density at radius 3 is 2.64 bits per heavy atom. The molecule has 0 aliphatic rings. The van der Waals surface area contributed by atoms with E-state index in [1.165, 1.54) is 6.20 Å². The highest BCUT2D eigenvalue weighted by atomic mass is 16.3. The summed E-state index contributed by atoms with van der Waals surface area (Å²) in [6, 6.07) is 0. The molecule has 0 atom stereocenters. The van der Waals surface area contributed by atoms with Crippen LogP contribution in [-0.4, -0.2) is 43.5 Å². The molecule has 0 saturated carbocycles. The molecule has 0 bridgehead atoms. The minimum Gasteiger partial charge on any atom is -0.483 e. The van der Waals surface area contributed by atoms with E-state index < -0.39 is 0 Å². The summed E-state index contributed by atoms with van der Waals surface area (Å²) >= 11 is 0. The van der Waals surface area contributed by atoms with Crippen molar-refractivity contribution in [1.29, 1.82) is 0 Å². The quantitative estimate of drug-likeness (QED) is 0.666. The SMILES string of the molecule is Cc1ncn(CCNC(=O)c2c[nH]c(=O)cn2)c1C.O=CO. The fourth-order valence-corrected chi connectivity index (χ4v) is 1.62. The summed E-state index contributed by atoms with van der Waals surface area (Å²) in [4.78, 5) is 41.2. The lowest BCUT2D eigenvalue weighted by Crippen LogP contribution is -2.28. The van der Waals surface area contributed by atoms with Crippen LogP contribution in [0.3, 0.4) is 0 Å². The summed E-state index contributed by atoms with van der Waals surface area (Å²) in [5, 5.41) is 9.62. The van der Waals surface area contributed by atoms with Crippen LogP contribution in [0.15, 0.2) is 23.5 Å². The van der Waals surface area contributed by atoms with Crippen molar-refractivity contribution in [2.45, 2.75) is 20.4 Å². The topological polar surface area (TPSA) is 130 Å². The number of H-pyrrole nitrogens is 1. The summed E-state index contributed by atoms with van der Waals surface area (Å²) in [5.41, 5.74) is 1.92. The van der Waals surface area contributed by atoms with Crippen LogP contribution in [0.4, 0.5) is 0 Å². The number of rotatable bonds is 4. The molecule has 2 aromatic rings. The molecular formula is C13H17N5O4. The van der Waals surface area contributed by atoms with Crippen molar-refractivity contribution in [3.63, 3.8) is 0 Å². The summed E-state index contributed by atoms with van der Waals surface area (Å²) in [5.74, 6) is -0.314. The second-order valence-corrected chi connectivity index (χ2v) is 4.27. The lowest BCUT2D eigenvalue weighted by molar-refractivity contribution is -0.122. The van der Waals surface area contributed by atoms with Crippen molar-refractivity contribution in [2.24, 2.45) is 0 Å². The first-order valence-corrected chi connectivity index (χ1v) is 6.38. The number of hydrogen-bond acceptors (Lipinski definition) is 5. The van der Waals surface area contributed by atoms with E-state index in [9.17, 15) is 9.59 Å². The molecule has 0 aromatic carbocycles. The second kappa shape index (κ2) is 8.35. The molecule has 9 heteroatoms. The zero-order valence-corrected chi connectivity index (χ0v) is 12.2. The van der Waals surface area contributed by atoms with Crippen LogP contribution in [0.25, 0.3) is 0 Å². The monoisotopic (exact) mass is 307 g/mol. The number of aryl methyl sites for hydroxylation is 1. The first-order valence-electron chi connectivity index (χ1n) is 6.38. The fraction of sp³-hybridized carbons (Fsp3) is 0.308. The van der Waals surface area contributed by atoms with E-state index in [1.54, 1.807) is 6.33 Å². The maximum atomic E-state index is 11.7. The average molecular weight is 307 g/mol. The van der Waals surface area contributed by atoms with Gasteiger partial charge in [-0.2, -0.15) is 0 Å². The van der Waals surface area contributed by atoms with Crippen LogP contribution in [0.2, 0.25) is 0 Å². The van der Waals surface area contributed by atoms with Crippen LogP contribution in [0.5, 0.6) is 0 Å². The largest absolute Gasteiger partial charge is 0.483 e. The van der Waals surface area contributed by atoms with Gasteiger partial charge in [0, 0.05) is 25.0 Å². The predicted octanol–water partition coefficient (Wildman–Crippen LogP) is -0.286. The van der Waals surface area contributed by atoms with Crippen LogP contribution in [0.1, 0.15) is 21.9 Å². The highest BCUT2D eigenvalue weighted by Crippen LogP contribution is 2.03. The molecule has 2 rings (SSSR count). The molecule has 0 spiro atoms. The third kappa shape index (κ3) is 4.85. The number of hydrogen-bond donors (Lipinski definition) is 3. The summed E-state index contributed by atoms with van der Waals surface area (Å²) in [6.45, 7) is 4.78. The molecule has 9 nitrogen and oxygen atoms in total. The number of amides is 1. The third-order valence-electron chi connectivity index (χ3n) is 2.89. The van der Waals surface area contributed by atoms with Gasteiger partial charge in [-0.1, -0.05) is 0 Å². The van der Waals surface area contributed by atoms with Gasteiger partial charge in [-0.05, 0) is 13.8 Å². The molecule has 0 saturated heterocycles. The molecule has 2 aromatic heterocycles. The first-order chi connectivity index (χ1) is 10.5. The normalized spacial score (nSPS) is 9.55. The number of nitrogens with zero attached hydrogens (tertiary/aromatic N) is 3. The van der Waals surface area contributed by atoms with Crippen molar-refractivity contribution in [3.8, 4) is 0 Å². The van der Waals surface area contributed by atoms with Crippen molar-refractivity contribution < 1.29 is 14.7 Å². The number of carbonyl (C=O) groups excluding carboxylic acids is 1. The smallest absolute Gasteiger partial charge is 0.290 e. The molecule has 118 valence electrons. The first kappa shape index (κ1) is 17.1. The Labute approximate surface area is 126 Å². The maximum Gasteiger partial charge on any atom is 0.290 e. The lowest BCUT2D eigenvalue weighted by Gasteiger charge is -2.07. The van der Waals surface area contributed by atoms with Crippen LogP contribution >= 0.6 is 0 Å². The number of nitrogens with one attached hydrogen (secondary N) is 2. The van der Waals surface area contributed by atoms with Gasteiger partial charge in [0.2, 0.25) is 0 Å². The molecule has 0 fully saturated rings. The molecule has 3 N–H and O–H groups in total. The Hall–Kier alpha value is -2.97. The van der Waals surface area contributed by atoms with Gasteiger partial charge in [0.15, 0.2) is 0 Å². The summed E-state index contributed by atoms with van der Waals surface area (Å²) < 4.78 is 1.97. The van der Waals surface area contributed by atoms with E-state index in [0.29, 0.717) is 13.1 Å². The van der Waals surface area contributed by atoms with Gasteiger partial charge in [0.25, 0.3) is 17.9 Å². The zero-order chi connectivity index (χ0) is 16.5. The Kier molecular flexibility index (Phi) is 6.48. The minimum absolute atomic E-state index is 0.193. The van der Waals surface area contributed by atoms with E-state index in [1.807, 2.05) is 18.4 Å². The van der Waals surface area contributed by atoms with E-state index >= 15 is 0 Å². The maximum absolute atomic E-state index is 11.7. The van der Waals surface area contributed by atoms with Crippen LogP contribution in [-0.2, 0) is 11.3 Å². The van der Waals surface area contributed by atoms with Crippen LogP contribution in [0, 0.1) is 13.8 Å². The Balaban J connectivity index is 0.000000745. The molecule has 1 amide bonds. The Morgan fingerprint density at radius 1 is 1.45 bits per heavy atom. The van der Waals surface area contributed by atoms with Crippen molar-refractivity contribution in [2.75, 3.05) is 6.54 Å². The summed E-state index contributed by atoms with van der Waals surface area (Å²) in [7, 11) is 0. The lowest BCUT2D eigenvalue weighted by atomic mass is 10.4. The zero-order valence-electron chi connectivity index (χ0n) is 12.2. The number of aromatic amines is 1. The van der Waals surface area contributed by atoms with Crippen LogP contribution < -0.4 is 10.9 Å². The highest BCUT2D eigenvalue weighted by Gasteiger charge is 2.07. The summed E-state index contributed by atoms with van der Waals surface area (Å²) in [6.07, 6.45) is 4.12. The van der Waals surface area contributed by atoms with Gasteiger partial charge in [-0.15, -0.1) is 0 Å². The number of carbonyl (C=O) groups is 2. The molecule has 22 heavy (non-hydrogen) atoms. The molecule has 0 radical (unpaired) electrons. The Morgan fingerprint density at radius 2 is 2.14 bits per heavy atom. The number of imidazole rings is 1. The van der Waals surface area contributed by atoms with E-state index in [0.717, 1.165) is 17.6 Å². The van der Waals surface area contributed by atoms with E-state index in [-0.39, 0.29) is 23.6 Å². The predicted molar refractivity (Wildman–Crippen MR) is 77.6 cm³/mol. The van der Waals surface area contributed by atoms with E-state index in [4.69, 9.17) is 9.90 Å². The second-order valence-electron chi connectivity index (χ2n) is 4.27. The van der Waals surface area contributed by atoms with Crippen molar-refractivity contribution in [1.82, 2.24) is 24.8 Å². The number of aromatic nitrogens is 4. The van der Waals surface area contributed by atoms with E-state index in [2.05, 4.69) is 20.3 Å². The Bertz CT molecular complexity index is 671. The molecule has 0 aliphatic heterocycles. The minimum atomic E-state index is -0.332. The van der Waals surface area contributed by atoms with Gasteiger partial charge in [0.05, 0.1) is 18.2 Å². The third-order valence-corrected chi connectivity index (χ3v) is 2.89. The molecular weight excluding hydrogens is 290 g/mol. The fourth-order valence-electron chi connectivity index (χ4n) is 1.62. The van der Waals surface area contributed by atoms with Gasteiger partial charge in [0.1, 0.15) is 5.69 Å². The van der Waals surface area contributed by atoms with Gasteiger partial charge in [-0.3, -0.25) is 14.4 Å². The van der Waals surface area contributed by atoms with Gasteiger partial charge in [-0.25, -0.2) is 9.97 Å². The molecule has 2 heterocycles. The highest BCUT2D eigenvalue weighted by molar-refractivity contribution is 5.91. The van der Waals surface area contributed by atoms with Crippen molar-refractivity contribution in [3.05, 3.63) is 46.2 Å². The average Bonchev–Trinajstić information content (AvgIpc) is 2.81. The van der Waals surface area contributed by atoms with Gasteiger partial charge >= 0.3 is 0 Å². The van der Waals surface area contributed by atoms with Gasteiger partial charge < -0.3 is 20.0 Å². The van der Waals surface area contributed by atoms with Crippen molar-refractivity contribution >= 4 is 12.4 Å². The molecule has 0 aliphatic carbocycles. The standard InChI is InChI=1S/C12H15N5O2.CH2O2/c1-8-9(2)17(7-16-8)4-3-13-12(19)10-5-15-11(18)6-14-10;2-1-3/h5-7H,3-4H2,1-2H3,(H,13,19)(H,15,18);1H,(H,2,3). The number of carboxylic acid groups (broad SMARTS) is 1. The molecule has 0 unspecified atom stereocenters.